The highest BCUT2D eigenvalue weighted by atomic mass is 79.9. The van der Waals surface area contributed by atoms with E-state index in [4.69, 9.17) is 16.3 Å². The van der Waals surface area contributed by atoms with Crippen LogP contribution in [0.5, 0.6) is 0 Å². The third-order valence-electron chi connectivity index (χ3n) is 2.78. The second-order valence-electron chi connectivity index (χ2n) is 4.17. The molecule has 0 aliphatic heterocycles. The summed E-state index contributed by atoms with van der Waals surface area (Å²) >= 11 is 9.37. The number of hydrogen-bond donors (Lipinski definition) is 1. The van der Waals surface area contributed by atoms with Crippen LogP contribution in [0.3, 0.4) is 0 Å². The molecular weight excluding hydrogens is 348 g/mol. The molecule has 2 heterocycles. The number of carbonyl (C=O) groups is 1. The van der Waals surface area contributed by atoms with E-state index in [1.807, 2.05) is 0 Å². The molecule has 0 saturated heterocycles. The molecule has 0 aliphatic carbocycles. The predicted molar refractivity (Wildman–Crippen MR) is 79.3 cm³/mol. The van der Waals surface area contributed by atoms with Crippen molar-refractivity contribution in [1.29, 1.82) is 0 Å². The van der Waals surface area contributed by atoms with Gasteiger partial charge in [-0.05, 0) is 29.3 Å². The maximum Gasteiger partial charge on any atom is 0.269 e. The van der Waals surface area contributed by atoms with E-state index in [0.29, 0.717) is 39.9 Å². The van der Waals surface area contributed by atoms with Crippen LogP contribution in [0.4, 0.5) is 0 Å². The molecular formula is C12H14BrClN4O2. The molecule has 2 aromatic rings. The highest BCUT2D eigenvalue weighted by molar-refractivity contribution is 9.10. The minimum atomic E-state index is -0.219. The van der Waals surface area contributed by atoms with Crippen LogP contribution in [-0.4, -0.2) is 40.5 Å². The molecule has 0 radical (unpaired) electrons. The number of nitrogens with zero attached hydrogens (tertiary/aromatic N) is 3. The van der Waals surface area contributed by atoms with Gasteiger partial charge in [0.05, 0.1) is 6.20 Å². The molecule has 0 saturated carbocycles. The minimum Gasteiger partial charge on any atom is -0.385 e. The van der Waals surface area contributed by atoms with Crippen molar-refractivity contribution in [3.8, 4) is 0 Å². The van der Waals surface area contributed by atoms with Gasteiger partial charge in [0.15, 0.2) is 5.15 Å². The molecule has 1 amide bonds. The fraction of sp³-hybridized carbons (Fsp3) is 0.417. The second kappa shape index (κ2) is 6.51. The molecule has 0 aromatic carbocycles. The standard InChI is InChI=1S/C12H14BrClN4O2/c1-7-17-10(13)9-11(14)16-6-8(18(7)9)12(19)15-4-3-5-20-2/h6H,3-5H2,1-2H3,(H,15,19). The summed E-state index contributed by atoms with van der Waals surface area (Å²) in [6.07, 6.45) is 2.20. The predicted octanol–water partition coefficient (Wildman–Crippen LogP) is 2.22. The third kappa shape index (κ3) is 2.94. The average molecular weight is 362 g/mol. The van der Waals surface area contributed by atoms with Crippen molar-refractivity contribution in [2.45, 2.75) is 13.3 Å². The van der Waals surface area contributed by atoms with Crippen molar-refractivity contribution < 1.29 is 9.53 Å². The Bertz CT molecular complexity index is 644. The van der Waals surface area contributed by atoms with Crippen LogP contribution in [0.1, 0.15) is 22.7 Å². The Morgan fingerprint density at radius 3 is 3.05 bits per heavy atom. The highest BCUT2D eigenvalue weighted by Gasteiger charge is 2.18. The van der Waals surface area contributed by atoms with Crippen molar-refractivity contribution in [2.24, 2.45) is 0 Å². The first-order chi connectivity index (χ1) is 9.56. The Hall–Kier alpha value is -1.18. The number of aryl methyl sites for hydroxylation is 1. The van der Waals surface area contributed by atoms with Crippen molar-refractivity contribution in [3.63, 3.8) is 0 Å². The van der Waals surface area contributed by atoms with Crippen LogP contribution in [0.25, 0.3) is 5.52 Å². The first kappa shape index (κ1) is 15.2. The number of fused-ring (bicyclic) bond motifs is 1. The summed E-state index contributed by atoms with van der Waals surface area (Å²) in [4.78, 5) is 20.5. The number of amides is 1. The summed E-state index contributed by atoms with van der Waals surface area (Å²) in [6, 6.07) is 0. The van der Waals surface area contributed by atoms with E-state index in [9.17, 15) is 4.79 Å². The summed E-state index contributed by atoms with van der Waals surface area (Å²) in [5.74, 6) is 0.446. The van der Waals surface area contributed by atoms with Gasteiger partial charge in [0.1, 0.15) is 21.6 Å². The van der Waals surface area contributed by atoms with E-state index < -0.39 is 0 Å². The fourth-order valence-corrected chi connectivity index (χ4v) is 2.84. The topological polar surface area (TPSA) is 68.5 Å². The number of methoxy groups -OCH3 is 1. The smallest absolute Gasteiger partial charge is 0.269 e. The van der Waals surface area contributed by atoms with Crippen LogP contribution in [0.15, 0.2) is 10.8 Å². The van der Waals surface area contributed by atoms with E-state index in [1.165, 1.54) is 6.20 Å². The normalized spacial score (nSPS) is 11.0. The van der Waals surface area contributed by atoms with Crippen molar-refractivity contribution in [2.75, 3.05) is 20.3 Å². The van der Waals surface area contributed by atoms with Gasteiger partial charge in [0, 0.05) is 20.3 Å². The molecule has 0 aliphatic rings. The first-order valence-corrected chi connectivity index (χ1v) is 7.19. The number of nitrogens with one attached hydrogen (secondary N) is 1. The van der Waals surface area contributed by atoms with Gasteiger partial charge >= 0.3 is 0 Å². The van der Waals surface area contributed by atoms with Gasteiger partial charge in [-0.2, -0.15) is 0 Å². The van der Waals surface area contributed by atoms with E-state index in [-0.39, 0.29) is 5.91 Å². The van der Waals surface area contributed by atoms with E-state index in [1.54, 1.807) is 18.4 Å². The van der Waals surface area contributed by atoms with Gasteiger partial charge in [-0.3, -0.25) is 9.20 Å². The number of carbonyl (C=O) groups excluding carboxylic acids is 1. The Labute approximate surface area is 129 Å². The zero-order valence-electron chi connectivity index (χ0n) is 11.1. The molecule has 20 heavy (non-hydrogen) atoms. The molecule has 0 spiro atoms. The lowest BCUT2D eigenvalue weighted by molar-refractivity contribution is 0.0941. The molecule has 1 N–H and O–H groups in total. The second-order valence-corrected chi connectivity index (χ2v) is 5.28. The minimum absolute atomic E-state index is 0.219. The summed E-state index contributed by atoms with van der Waals surface area (Å²) in [5.41, 5.74) is 0.992. The Morgan fingerprint density at radius 1 is 1.60 bits per heavy atom. The van der Waals surface area contributed by atoms with Crippen LogP contribution in [-0.2, 0) is 4.74 Å². The lowest BCUT2D eigenvalue weighted by Gasteiger charge is -2.08. The van der Waals surface area contributed by atoms with E-state index in [0.717, 1.165) is 6.42 Å². The molecule has 8 heteroatoms. The average Bonchev–Trinajstić information content (AvgIpc) is 2.71. The highest BCUT2D eigenvalue weighted by Crippen LogP contribution is 2.25. The molecule has 0 bridgehead atoms. The molecule has 0 unspecified atom stereocenters. The van der Waals surface area contributed by atoms with Gasteiger partial charge < -0.3 is 10.1 Å². The number of halogens is 2. The number of aromatic nitrogens is 3. The zero-order chi connectivity index (χ0) is 14.7. The van der Waals surface area contributed by atoms with Crippen LogP contribution in [0, 0.1) is 6.92 Å². The maximum atomic E-state index is 12.2. The molecule has 0 fully saturated rings. The number of hydrogen-bond acceptors (Lipinski definition) is 4. The summed E-state index contributed by atoms with van der Waals surface area (Å²) in [7, 11) is 1.63. The lowest BCUT2D eigenvalue weighted by Crippen LogP contribution is -2.27. The molecule has 2 rings (SSSR count). The van der Waals surface area contributed by atoms with E-state index >= 15 is 0 Å². The SMILES string of the molecule is COCCCNC(=O)c1cnc(Cl)c2c(Br)nc(C)n12. The quantitative estimate of drug-likeness (QED) is 0.829. The Kier molecular flexibility index (Phi) is 4.95. The van der Waals surface area contributed by atoms with Gasteiger partial charge in [0.25, 0.3) is 5.91 Å². The van der Waals surface area contributed by atoms with Crippen LogP contribution < -0.4 is 5.32 Å². The summed E-state index contributed by atoms with van der Waals surface area (Å²) in [5, 5.41) is 3.12. The van der Waals surface area contributed by atoms with Gasteiger partial charge in [-0.25, -0.2) is 9.97 Å². The van der Waals surface area contributed by atoms with Gasteiger partial charge in [-0.15, -0.1) is 0 Å². The zero-order valence-corrected chi connectivity index (χ0v) is 13.5. The Balaban J connectivity index is 2.30. The van der Waals surface area contributed by atoms with E-state index in [2.05, 4.69) is 31.2 Å². The molecule has 108 valence electrons. The molecule has 0 atom stereocenters. The van der Waals surface area contributed by atoms with Crippen molar-refractivity contribution in [1.82, 2.24) is 19.7 Å². The first-order valence-electron chi connectivity index (χ1n) is 6.02. The fourth-order valence-electron chi connectivity index (χ4n) is 1.88. The third-order valence-corrected chi connectivity index (χ3v) is 3.61. The molecule has 2 aromatic heterocycles. The number of rotatable bonds is 5. The van der Waals surface area contributed by atoms with Crippen LogP contribution in [0.2, 0.25) is 5.15 Å². The number of ether oxygens (including phenoxy) is 1. The maximum absolute atomic E-state index is 12.2. The monoisotopic (exact) mass is 360 g/mol. The number of imidazole rings is 1. The van der Waals surface area contributed by atoms with Crippen LogP contribution >= 0.6 is 27.5 Å². The molecule has 6 nitrogen and oxygen atoms in total. The van der Waals surface area contributed by atoms with Crippen molar-refractivity contribution in [3.05, 3.63) is 27.5 Å². The van der Waals surface area contributed by atoms with Gasteiger partial charge in [-0.1, -0.05) is 11.6 Å². The summed E-state index contributed by atoms with van der Waals surface area (Å²) < 4.78 is 7.19. The largest absolute Gasteiger partial charge is 0.385 e. The lowest BCUT2D eigenvalue weighted by atomic mass is 10.3. The van der Waals surface area contributed by atoms with Gasteiger partial charge in [0.2, 0.25) is 0 Å². The summed E-state index contributed by atoms with van der Waals surface area (Å²) in [6.45, 7) is 2.94. The Morgan fingerprint density at radius 2 is 2.35 bits per heavy atom. The van der Waals surface area contributed by atoms with Crippen molar-refractivity contribution >= 4 is 39.0 Å².